The Morgan fingerprint density at radius 1 is 1.04 bits per heavy atom. The van der Waals surface area contributed by atoms with Crippen molar-refractivity contribution in [3.05, 3.63) is 89.2 Å². The highest BCUT2D eigenvalue weighted by Gasteiger charge is 2.39. The lowest BCUT2D eigenvalue weighted by Gasteiger charge is -2.27. The third-order valence-corrected chi connectivity index (χ3v) is 4.81. The van der Waals surface area contributed by atoms with E-state index in [-0.39, 0.29) is 12.1 Å². The quantitative estimate of drug-likeness (QED) is 0.745. The SMILES string of the molecule is CCc1ccccc1N[C@@H]1c2ncccc2C(=O)N1c1ccc(C)cc1. The summed E-state index contributed by atoms with van der Waals surface area (Å²) in [7, 11) is 0. The van der Waals surface area contributed by atoms with E-state index in [1.165, 1.54) is 5.56 Å². The fourth-order valence-corrected chi connectivity index (χ4v) is 3.41. The highest BCUT2D eigenvalue weighted by atomic mass is 16.2. The van der Waals surface area contributed by atoms with Crippen molar-refractivity contribution in [1.82, 2.24) is 4.98 Å². The minimum Gasteiger partial charge on any atom is -0.360 e. The molecule has 26 heavy (non-hydrogen) atoms. The lowest BCUT2D eigenvalue weighted by molar-refractivity contribution is 0.0993. The number of para-hydroxylation sites is 1. The molecule has 0 unspecified atom stereocenters. The van der Waals surface area contributed by atoms with Crippen molar-refractivity contribution in [2.75, 3.05) is 10.2 Å². The zero-order chi connectivity index (χ0) is 18.1. The summed E-state index contributed by atoms with van der Waals surface area (Å²) in [5.74, 6) is -0.0246. The molecule has 0 radical (unpaired) electrons. The molecule has 0 spiro atoms. The summed E-state index contributed by atoms with van der Waals surface area (Å²) < 4.78 is 0. The van der Waals surface area contributed by atoms with Crippen molar-refractivity contribution in [3.8, 4) is 0 Å². The molecule has 2 aromatic carbocycles. The Kier molecular flexibility index (Phi) is 4.17. The highest BCUT2D eigenvalue weighted by molar-refractivity contribution is 6.11. The molecule has 0 fully saturated rings. The number of amides is 1. The van der Waals surface area contributed by atoms with Gasteiger partial charge >= 0.3 is 0 Å². The van der Waals surface area contributed by atoms with Crippen molar-refractivity contribution in [2.45, 2.75) is 26.4 Å². The zero-order valence-corrected chi connectivity index (χ0v) is 14.9. The van der Waals surface area contributed by atoms with E-state index in [0.29, 0.717) is 5.56 Å². The van der Waals surface area contributed by atoms with Gasteiger partial charge in [0.25, 0.3) is 5.91 Å². The van der Waals surface area contributed by atoms with Gasteiger partial charge in [0.15, 0.2) is 6.17 Å². The van der Waals surface area contributed by atoms with Crippen LogP contribution in [-0.2, 0) is 6.42 Å². The first-order valence-electron chi connectivity index (χ1n) is 8.88. The summed E-state index contributed by atoms with van der Waals surface area (Å²) in [5.41, 5.74) is 5.70. The summed E-state index contributed by atoms with van der Waals surface area (Å²) in [6, 6.07) is 19.9. The van der Waals surface area contributed by atoms with Gasteiger partial charge in [-0.3, -0.25) is 14.7 Å². The maximum Gasteiger partial charge on any atom is 0.262 e. The van der Waals surface area contributed by atoms with E-state index >= 15 is 0 Å². The fraction of sp³-hybridized carbons (Fsp3) is 0.182. The molecule has 0 aliphatic carbocycles. The molecule has 1 aliphatic heterocycles. The van der Waals surface area contributed by atoms with Gasteiger partial charge in [-0.25, -0.2) is 0 Å². The number of hydrogen-bond donors (Lipinski definition) is 1. The Morgan fingerprint density at radius 3 is 2.58 bits per heavy atom. The number of carbonyl (C=O) groups excluding carboxylic acids is 1. The normalized spacial score (nSPS) is 15.8. The topological polar surface area (TPSA) is 45.2 Å². The van der Waals surface area contributed by atoms with Crippen LogP contribution in [0.4, 0.5) is 11.4 Å². The summed E-state index contributed by atoms with van der Waals surface area (Å²) in [5, 5.41) is 3.55. The second-order valence-electron chi connectivity index (χ2n) is 6.50. The first-order chi connectivity index (χ1) is 12.7. The second kappa shape index (κ2) is 6.64. The molecule has 0 bridgehead atoms. The van der Waals surface area contributed by atoms with Crippen molar-refractivity contribution in [3.63, 3.8) is 0 Å². The van der Waals surface area contributed by atoms with Gasteiger partial charge in [-0.2, -0.15) is 0 Å². The number of nitrogens with one attached hydrogen (secondary N) is 1. The minimum atomic E-state index is -0.325. The third kappa shape index (κ3) is 2.73. The van der Waals surface area contributed by atoms with Gasteiger partial charge in [0, 0.05) is 17.6 Å². The van der Waals surface area contributed by atoms with E-state index in [1.807, 2.05) is 55.5 Å². The third-order valence-electron chi connectivity index (χ3n) is 4.81. The van der Waals surface area contributed by atoms with Crippen LogP contribution in [0.15, 0.2) is 66.9 Å². The first-order valence-corrected chi connectivity index (χ1v) is 8.88. The Bertz CT molecular complexity index is 950. The van der Waals surface area contributed by atoms with Crippen LogP contribution < -0.4 is 10.2 Å². The lowest BCUT2D eigenvalue weighted by atomic mass is 10.1. The molecule has 4 heteroatoms. The summed E-state index contributed by atoms with van der Waals surface area (Å²) in [4.78, 5) is 19.4. The smallest absolute Gasteiger partial charge is 0.262 e. The zero-order valence-electron chi connectivity index (χ0n) is 14.9. The van der Waals surface area contributed by atoms with Crippen LogP contribution in [0, 0.1) is 6.92 Å². The number of pyridine rings is 1. The molecule has 4 rings (SSSR count). The van der Waals surface area contributed by atoms with Gasteiger partial charge < -0.3 is 5.32 Å². The van der Waals surface area contributed by atoms with E-state index in [0.717, 1.165) is 29.1 Å². The predicted molar refractivity (Wildman–Crippen MR) is 104 cm³/mol. The average Bonchev–Trinajstić information content (AvgIpc) is 2.95. The molecule has 2 heterocycles. The van der Waals surface area contributed by atoms with E-state index in [1.54, 1.807) is 11.1 Å². The van der Waals surface area contributed by atoms with Crippen molar-refractivity contribution in [1.29, 1.82) is 0 Å². The molecule has 1 aliphatic rings. The molecular formula is C22H21N3O. The number of aryl methyl sites for hydroxylation is 2. The van der Waals surface area contributed by atoms with Crippen LogP contribution in [0.25, 0.3) is 0 Å². The van der Waals surface area contributed by atoms with Crippen LogP contribution in [0.1, 0.15) is 40.3 Å². The molecule has 0 saturated carbocycles. The molecular weight excluding hydrogens is 322 g/mol. The van der Waals surface area contributed by atoms with Gasteiger partial charge in [-0.15, -0.1) is 0 Å². The Balaban J connectivity index is 1.79. The number of anilines is 2. The van der Waals surface area contributed by atoms with Crippen LogP contribution >= 0.6 is 0 Å². The summed E-state index contributed by atoms with van der Waals surface area (Å²) in [6.07, 6.45) is 2.34. The van der Waals surface area contributed by atoms with E-state index in [9.17, 15) is 4.79 Å². The number of fused-ring (bicyclic) bond motifs is 1. The van der Waals surface area contributed by atoms with Crippen molar-refractivity contribution < 1.29 is 4.79 Å². The maximum atomic E-state index is 13.1. The highest BCUT2D eigenvalue weighted by Crippen LogP contribution is 2.37. The maximum absolute atomic E-state index is 13.1. The fourth-order valence-electron chi connectivity index (χ4n) is 3.41. The van der Waals surface area contributed by atoms with Crippen molar-refractivity contribution >= 4 is 17.3 Å². The molecule has 0 saturated heterocycles. The van der Waals surface area contributed by atoms with E-state index in [4.69, 9.17) is 0 Å². The summed E-state index contributed by atoms with van der Waals surface area (Å²) >= 11 is 0. The number of aromatic nitrogens is 1. The molecule has 1 atom stereocenters. The molecule has 1 amide bonds. The minimum absolute atomic E-state index is 0.0246. The monoisotopic (exact) mass is 343 g/mol. The van der Waals surface area contributed by atoms with Crippen LogP contribution in [0.5, 0.6) is 0 Å². The number of rotatable bonds is 4. The largest absolute Gasteiger partial charge is 0.360 e. The van der Waals surface area contributed by atoms with E-state index in [2.05, 4.69) is 29.4 Å². The lowest BCUT2D eigenvalue weighted by Crippen LogP contribution is -2.32. The van der Waals surface area contributed by atoms with Gasteiger partial charge in [-0.05, 0) is 49.2 Å². The Morgan fingerprint density at radius 2 is 1.81 bits per heavy atom. The Labute approximate surface area is 153 Å². The molecule has 3 aromatic rings. The molecule has 1 N–H and O–H groups in total. The first kappa shape index (κ1) is 16.3. The van der Waals surface area contributed by atoms with Gasteiger partial charge in [-0.1, -0.05) is 42.8 Å². The molecule has 4 nitrogen and oxygen atoms in total. The van der Waals surface area contributed by atoms with Crippen LogP contribution in [0.2, 0.25) is 0 Å². The van der Waals surface area contributed by atoms with E-state index < -0.39 is 0 Å². The predicted octanol–water partition coefficient (Wildman–Crippen LogP) is 4.72. The standard InChI is InChI=1S/C22H21N3O/c1-3-16-7-4-5-9-19(16)24-21-20-18(8-6-14-23-20)22(26)25(21)17-12-10-15(2)11-13-17/h4-14,21,24H,3H2,1-2H3/t21-/m0/s1. The van der Waals surface area contributed by atoms with Crippen molar-refractivity contribution in [2.24, 2.45) is 0 Å². The van der Waals surface area contributed by atoms with Gasteiger partial charge in [0.2, 0.25) is 0 Å². The number of carbonyl (C=O) groups is 1. The Hall–Kier alpha value is -3.14. The number of nitrogens with zero attached hydrogens (tertiary/aromatic N) is 2. The second-order valence-corrected chi connectivity index (χ2v) is 6.50. The average molecular weight is 343 g/mol. The molecule has 1 aromatic heterocycles. The van der Waals surface area contributed by atoms with Crippen LogP contribution in [-0.4, -0.2) is 10.9 Å². The van der Waals surface area contributed by atoms with Crippen LogP contribution in [0.3, 0.4) is 0 Å². The molecule has 130 valence electrons. The van der Waals surface area contributed by atoms with Gasteiger partial charge in [0.05, 0.1) is 11.3 Å². The summed E-state index contributed by atoms with van der Waals surface area (Å²) in [6.45, 7) is 4.17. The number of benzene rings is 2. The van der Waals surface area contributed by atoms with Gasteiger partial charge in [0.1, 0.15) is 0 Å². The number of hydrogen-bond acceptors (Lipinski definition) is 3.